The van der Waals surface area contributed by atoms with Gasteiger partial charge in [0, 0.05) is 26.1 Å². The van der Waals surface area contributed by atoms with Crippen LogP contribution in [-0.4, -0.2) is 61.5 Å². The fourth-order valence-electron chi connectivity index (χ4n) is 3.90. The minimum atomic E-state index is -0.614. The van der Waals surface area contributed by atoms with Crippen molar-refractivity contribution >= 4 is 23.5 Å². The Balaban J connectivity index is 1.70. The van der Waals surface area contributed by atoms with Gasteiger partial charge in [0.2, 0.25) is 0 Å². The molecule has 0 radical (unpaired) electrons. The normalized spacial score (nSPS) is 22.2. The summed E-state index contributed by atoms with van der Waals surface area (Å²) in [6.07, 6.45) is 1.63. The van der Waals surface area contributed by atoms with Crippen LogP contribution in [0.5, 0.6) is 0 Å². The van der Waals surface area contributed by atoms with E-state index in [0.717, 1.165) is 0 Å². The molecule has 1 aromatic rings. The predicted octanol–water partition coefficient (Wildman–Crippen LogP) is 2.89. The Morgan fingerprint density at radius 3 is 2.65 bits per heavy atom. The van der Waals surface area contributed by atoms with Crippen molar-refractivity contribution in [3.63, 3.8) is 0 Å². The molecule has 2 saturated heterocycles. The summed E-state index contributed by atoms with van der Waals surface area (Å²) < 4.78 is 19.7. The summed E-state index contributed by atoms with van der Waals surface area (Å²) >= 11 is 6.16. The number of halogens is 2. The van der Waals surface area contributed by atoms with Gasteiger partial charge in [-0.15, -0.1) is 0 Å². The van der Waals surface area contributed by atoms with E-state index < -0.39 is 17.1 Å². The molecule has 0 aliphatic carbocycles. The van der Waals surface area contributed by atoms with Crippen molar-refractivity contribution in [3.05, 3.63) is 34.1 Å². The number of rotatable bonds is 3. The molecule has 2 aliphatic rings. The summed E-state index contributed by atoms with van der Waals surface area (Å²) in [6.45, 7) is 3.22. The third kappa shape index (κ3) is 3.45. The van der Waals surface area contributed by atoms with E-state index >= 15 is 0 Å². The van der Waals surface area contributed by atoms with Crippen LogP contribution in [0.4, 0.5) is 4.39 Å². The number of esters is 1. The zero-order chi connectivity index (χ0) is 19.1. The second-order valence-corrected chi connectivity index (χ2v) is 8.00. The van der Waals surface area contributed by atoms with Gasteiger partial charge in [0.15, 0.2) is 0 Å². The number of carbonyl (C=O) groups is 2. The van der Waals surface area contributed by atoms with Crippen LogP contribution in [0.3, 0.4) is 0 Å². The first-order chi connectivity index (χ1) is 12.2. The van der Waals surface area contributed by atoms with E-state index in [1.807, 2.05) is 19.0 Å². The molecule has 1 spiro atoms. The van der Waals surface area contributed by atoms with Gasteiger partial charge in [0.05, 0.1) is 16.0 Å². The average Bonchev–Trinajstić information content (AvgIpc) is 2.86. The van der Waals surface area contributed by atoms with E-state index in [1.165, 1.54) is 6.07 Å². The maximum absolute atomic E-state index is 14.2. The number of nitrogens with zero attached hydrogens (tertiary/aromatic N) is 2. The second kappa shape index (κ2) is 7.16. The van der Waals surface area contributed by atoms with Crippen LogP contribution in [0, 0.1) is 18.2 Å². The first kappa shape index (κ1) is 19.1. The molecular formula is C19H24ClFN2O3. The number of carbonyl (C=O) groups excluding carboxylic acids is 2. The van der Waals surface area contributed by atoms with Crippen molar-refractivity contribution in [1.82, 2.24) is 9.80 Å². The van der Waals surface area contributed by atoms with Gasteiger partial charge in [-0.25, -0.2) is 4.39 Å². The molecule has 7 heteroatoms. The molecule has 1 unspecified atom stereocenters. The fourth-order valence-corrected chi connectivity index (χ4v) is 4.14. The Bertz CT molecular complexity index is 730. The molecule has 1 atom stereocenters. The molecule has 2 heterocycles. The highest BCUT2D eigenvalue weighted by molar-refractivity contribution is 6.34. The number of piperidine rings is 1. The lowest BCUT2D eigenvalue weighted by atomic mass is 9.76. The largest absolute Gasteiger partial charge is 0.461 e. The summed E-state index contributed by atoms with van der Waals surface area (Å²) in [4.78, 5) is 28.8. The van der Waals surface area contributed by atoms with E-state index in [2.05, 4.69) is 0 Å². The van der Waals surface area contributed by atoms with Crippen molar-refractivity contribution < 1.29 is 18.7 Å². The minimum Gasteiger partial charge on any atom is -0.461 e. The van der Waals surface area contributed by atoms with E-state index in [0.29, 0.717) is 44.5 Å². The molecule has 0 bridgehead atoms. The molecule has 1 aromatic carbocycles. The van der Waals surface area contributed by atoms with Crippen LogP contribution in [0.25, 0.3) is 0 Å². The Hall–Kier alpha value is -1.66. The molecule has 142 valence electrons. The molecule has 0 saturated carbocycles. The highest BCUT2D eigenvalue weighted by Gasteiger charge is 2.51. The fraction of sp³-hybridized carbons (Fsp3) is 0.579. The Kier molecular flexibility index (Phi) is 5.26. The van der Waals surface area contributed by atoms with Crippen LogP contribution in [0.2, 0.25) is 5.02 Å². The molecule has 3 rings (SSSR count). The Morgan fingerprint density at radius 1 is 1.38 bits per heavy atom. The average molecular weight is 383 g/mol. The zero-order valence-electron chi connectivity index (χ0n) is 15.3. The van der Waals surface area contributed by atoms with Gasteiger partial charge in [-0.3, -0.25) is 9.59 Å². The molecule has 0 aromatic heterocycles. The van der Waals surface area contributed by atoms with Gasteiger partial charge in [0.1, 0.15) is 11.9 Å². The third-order valence-corrected chi connectivity index (χ3v) is 5.89. The van der Waals surface area contributed by atoms with Gasteiger partial charge in [0.25, 0.3) is 5.91 Å². The maximum atomic E-state index is 14.2. The van der Waals surface area contributed by atoms with Crippen LogP contribution >= 0.6 is 11.6 Å². The van der Waals surface area contributed by atoms with Gasteiger partial charge in [-0.2, -0.15) is 0 Å². The lowest BCUT2D eigenvalue weighted by Gasteiger charge is -2.36. The Morgan fingerprint density at radius 2 is 2.04 bits per heavy atom. The number of amides is 1. The monoisotopic (exact) mass is 382 g/mol. The van der Waals surface area contributed by atoms with E-state index in [1.54, 1.807) is 17.9 Å². The number of hydrogen-bond donors (Lipinski definition) is 0. The second-order valence-electron chi connectivity index (χ2n) is 7.62. The third-order valence-electron chi connectivity index (χ3n) is 5.40. The van der Waals surface area contributed by atoms with Gasteiger partial charge in [-0.05, 0) is 45.5 Å². The molecule has 1 amide bonds. The van der Waals surface area contributed by atoms with Gasteiger partial charge in [-0.1, -0.05) is 17.7 Å². The number of ether oxygens (including phenoxy) is 1. The Labute approximate surface area is 158 Å². The van der Waals surface area contributed by atoms with Crippen LogP contribution in [-0.2, 0) is 9.53 Å². The molecular weight excluding hydrogens is 359 g/mol. The number of likely N-dealkylation sites (tertiary alicyclic amines) is 1. The van der Waals surface area contributed by atoms with Crippen molar-refractivity contribution in [2.24, 2.45) is 5.41 Å². The van der Waals surface area contributed by atoms with Crippen molar-refractivity contribution in [2.45, 2.75) is 32.3 Å². The van der Waals surface area contributed by atoms with Gasteiger partial charge < -0.3 is 14.5 Å². The lowest BCUT2D eigenvalue weighted by Crippen LogP contribution is -2.45. The highest BCUT2D eigenvalue weighted by Crippen LogP contribution is 2.43. The molecule has 2 fully saturated rings. The zero-order valence-corrected chi connectivity index (χ0v) is 16.1. The first-order valence-corrected chi connectivity index (χ1v) is 9.21. The first-order valence-electron chi connectivity index (χ1n) is 8.83. The summed E-state index contributed by atoms with van der Waals surface area (Å²) in [5, 5.41) is 0.154. The number of likely N-dealkylation sites (N-methyl/N-ethyl adjacent to an activating group) is 1. The van der Waals surface area contributed by atoms with Gasteiger partial charge >= 0.3 is 5.97 Å². The molecule has 26 heavy (non-hydrogen) atoms. The summed E-state index contributed by atoms with van der Waals surface area (Å²) in [5.74, 6) is -1.20. The number of cyclic esters (lactones) is 1. The summed E-state index contributed by atoms with van der Waals surface area (Å²) in [5.41, 5.74) is 0.0600. The number of hydrogen-bond acceptors (Lipinski definition) is 4. The van der Waals surface area contributed by atoms with E-state index in [9.17, 15) is 14.0 Å². The van der Waals surface area contributed by atoms with Crippen molar-refractivity contribution in [1.29, 1.82) is 0 Å². The molecule has 0 N–H and O–H groups in total. The molecule has 5 nitrogen and oxygen atoms in total. The lowest BCUT2D eigenvalue weighted by molar-refractivity contribution is -0.150. The van der Waals surface area contributed by atoms with Crippen molar-refractivity contribution in [3.8, 4) is 0 Å². The smallest absolute Gasteiger partial charge is 0.312 e. The van der Waals surface area contributed by atoms with Crippen molar-refractivity contribution in [2.75, 3.05) is 33.7 Å². The standard InChI is InChI=1S/C19H24ClFN2O3/c1-12-4-5-14(21)15(16(12)20)17(24)23-8-6-19(7-9-23)10-13(11-22(2)3)26-18(19)25/h4-5,13H,6-11H2,1-3H3. The topological polar surface area (TPSA) is 49.9 Å². The maximum Gasteiger partial charge on any atom is 0.312 e. The summed E-state index contributed by atoms with van der Waals surface area (Å²) in [6, 6.07) is 2.82. The van der Waals surface area contributed by atoms with Crippen LogP contribution < -0.4 is 0 Å². The molecule has 2 aliphatic heterocycles. The van der Waals surface area contributed by atoms with Crippen LogP contribution in [0.1, 0.15) is 35.2 Å². The minimum absolute atomic E-state index is 0.0814. The summed E-state index contributed by atoms with van der Waals surface area (Å²) in [7, 11) is 3.89. The highest BCUT2D eigenvalue weighted by atomic mass is 35.5. The predicted molar refractivity (Wildman–Crippen MR) is 96.8 cm³/mol. The quantitative estimate of drug-likeness (QED) is 0.754. The van der Waals surface area contributed by atoms with E-state index in [4.69, 9.17) is 16.3 Å². The SMILES string of the molecule is Cc1ccc(F)c(C(=O)N2CCC3(CC2)CC(CN(C)C)OC3=O)c1Cl. The number of benzene rings is 1. The van der Waals surface area contributed by atoms with E-state index in [-0.39, 0.29) is 22.7 Å². The van der Waals surface area contributed by atoms with Crippen LogP contribution in [0.15, 0.2) is 12.1 Å². The number of aryl methyl sites for hydroxylation is 1.